The Kier molecular flexibility index (Phi) is 7.62. The minimum absolute atomic E-state index is 0.175. The number of methoxy groups -OCH3 is 1. The van der Waals surface area contributed by atoms with Crippen molar-refractivity contribution in [2.45, 2.75) is 25.8 Å². The van der Waals surface area contributed by atoms with Crippen molar-refractivity contribution in [1.29, 1.82) is 0 Å². The molecule has 0 saturated heterocycles. The van der Waals surface area contributed by atoms with Crippen LogP contribution in [0.1, 0.15) is 18.9 Å². The summed E-state index contributed by atoms with van der Waals surface area (Å²) in [6.07, 6.45) is 2.02. The van der Waals surface area contributed by atoms with Crippen molar-refractivity contribution in [3.63, 3.8) is 0 Å². The van der Waals surface area contributed by atoms with E-state index >= 15 is 0 Å². The zero-order valence-electron chi connectivity index (χ0n) is 11.7. The number of nitrogens with zero attached hydrogens (tertiary/aromatic N) is 1. The lowest BCUT2D eigenvalue weighted by Gasteiger charge is -2.15. The minimum atomic E-state index is 0.175. The summed E-state index contributed by atoms with van der Waals surface area (Å²) in [5.41, 5.74) is 3.91. The normalized spacial score (nSPS) is 13.1. The Hall–Kier alpha value is -1.59. The highest BCUT2D eigenvalue weighted by atomic mass is 16.5. The van der Waals surface area contributed by atoms with Crippen LogP contribution in [0.4, 0.5) is 0 Å². The van der Waals surface area contributed by atoms with Gasteiger partial charge in [-0.15, -0.1) is 0 Å². The quantitative estimate of drug-likeness (QED) is 0.226. The van der Waals surface area contributed by atoms with E-state index in [0.29, 0.717) is 12.6 Å². The smallest absolute Gasteiger partial charge is 0.206 e. The number of guanidine groups is 1. The Balaban J connectivity index is 2.29. The molecule has 0 aliphatic carbocycles. The molecule has 106 valence electrons. The summed E-state index contributed by atoms with van der Waals surface area (Å²) in [5, 5.41) is 3.16. The number of aliphatic imine (C=N–C) groups is 1. The van der Waals surface area contributed by atoms with Crippen molar-refractivity contribution in [1.82, 2.24) is 10.7 Å². The van der Waals surface area contributed by atoms with Gasteiger partial charge >= 0.3 is 0 Å². The molecule has 1 atom stereocenters. The average molecular weight is 264 g/mol. The van der Waals surface area contributed by atoms with Crippen molar-refractivity contribution in [3.8, 4) is 0 Å². The average Bonchev–Trinajstić information content (AvgIpc) is 2.43. The van der Waals surface area contributed by atoms with E-state index in [1.165, 1.54) is 5.56 Å². The summed E-state index contributed by atoms with van der Waals surface area (Å²) in [6, 6.07) is 10.6. The number of hydrogen-bond donors (Lipinski definition) is 3. The fraction of sp³-hybridized carbons (Fsp3) is 0.500. The predicted octanol–water partition coefficient (Wildman–Crippen LogP) is 1.06. The molecule has 0 bridgehead atoms. The fourth-order valence-electron chi connectivity index (χ4n) is 1.78. The van der Waals surface area contributed by atoms with Crippen LogP contribution >= 0.6 is 0 Å². The highest BCUT2D eigenvalue weighted by Gasteiger charge is 2.03. The van der Waals surface area contributed by atoms with Crippen molar-refractivity contribution in [2.24, 2.45) is 10.8 Å². The first-order valence-electron chi connectivity index (χ1n) is 6.56. The Bertz CT molecular complexity index is 367. The predicted molar refractivity (Wildman–Crippen MR) is 78.9 cm³/mol. The molecule has 0 heterocycles. The van der Waals surface area contributed by atoms with E-state index in [1.807, 2.05) is 13.0 Å². The second-order valence-corrected chi connectivity index (χ2v) is 4.46. The highest BCUT2D eigenvalue weighted by Crippen LogP contribution is 2.02. The highest BCUT2D eigenvalue weighted by molar-refractivity contribution is 5.79. The molecule has 0 fully saturated rings. The van der Waals surface area contributed by atoms with Gasteiger partial charge in [0.05, 0.1) is 6.61 Å². The third-order valence-electron chi connectivity index (χ3n) is 2.67. The van der Waals surface area contributed by atoms with Crippen LogP contribution in [0.15, 0.2) is 35.3 Å². The lowest BCUT2D eigenvalue weighted by atomic mass is 10.1. The van der Waals surface area contributed by atoms with E-state index < -0.39 is 0 Å². The van der Waals surface area contributed by atoms with Crippen molar-refractivity contribution < 1.29 is 4.74 Å². The molecular weight excluding hydrogens is 240 g/mol. The molecule has 0 saturated carbocycles. The second kappa shape index (κ2) is 9.35. The van der Waals surface area contributed by atoms with Gasteiger partial charge in [-0.3, -0.25) is 10.4 Å². The lowest BCUT2D eigenvalue weighted by molar-refractivity contribution is 0.179. The second-order valence-electron chi connectivity index (χ2n) is 4.46. The summed E-state index contributed by atoms with van der Waals surface area (Å²) >= 11 is 0. The Morgan fingerprint density at radius 3 is 2.74 bits per heavy atom. The Morgan fingerprint density at radius 2 is 2.11 bits per heavy atom. The van der Waals surface area contributed by atoms with Crippen LogP contribution in [0.3, 0.4) is 0 Å². The van der Waals surface area contributed by atoms with Gasteiger partial charge in [-0.2, -0.15) is 0 Å². The maximum atomic E-state index is 5.43. The SMILES string of the molecule is COCC(C)NC(=NCCCc1ccccc1)NN. The van der Waals surface area contributed by atoms with E-state index in [9.17, 15) is 0 Å². The fourth-order valence-corrected chi connectivity index (χ4v) is 1.78. The standard InChI is InChI=1S/C14H24N4O/c1-12(11-19-2)17-14(18-15)16-10-6-9-13-7-4-3-5-8-13/h3-5,7-8,12H,6,9-11,15H2,1-2H3,(H2,16,17,18). The molecule has 4 N–H and O–H groups in total. The van der Waals surface area contributed by atoms with Crippen LogP contribution < -0.4 is 16.6 Å². The molecule has 0 aliphatic rings. The number of hydrazine groups is 1. The molecule has 5 heteroatoms. The van der Waals surface area contributed by atoms with Crippen LogP contribution in [0.25, 0.3) is 0 Å². The maximum absolute atomic E-state index is 5.43. The third-order valence-corrected chi connectivity index (χ3v) is 2.67. The van der Waals surface area contributed by atoms with Crippen LogP contribution in [-0.4, -0.2) is 32.3 Å². The van der Waals surface area contributed by atoms with Crippen molar-refractivity contribution in [2.75, 3.05) is 20.3 Å². The van der Waals surface area contributed by atoms with Gasteiger partial charge in [0, 0.05) is 19.7 Å². The molecule has 1 unspecified atom stereocenters. The number of nitrogens with two attached hydrogens (primary N) is 1. The lowest BCUT2D eigenvalue weighted by Crippen LogP contribution is -2.46. The van der Waals surface area contributed by atoms with E-state index in [1.54, 1.807) is 7.11 Å². The van der Waals surface area contributed by atoms with Gasteiger partial charge in [0.1, 0.15) is 0 Å². The van der Waals surface area contributed by atoms with Crippen molar-refractivity contribution >= 4 is 5.96 Å². The van der Waals surface area contributed by atoms with Gasteiger partial charge in [-0.1, -0.05) is 30.3 Å². The van der Waals surface area contributed by atoms with Gasteiger partial charge in [0.25, 0.3) is 0 Å². The summed E-state index contributed by atoms with van der Waals surface area (Å²) in [7, 11) is 1.67. The van der Waals surface area contributed by atoms with Gasteiger partial charge in [0.15, 0.2) is 0 Å². The number of aryl methyl sites for hydroxylation is 1. The minimum Gasteiger partial charge on any atom is -0.383 e. The first-order chi connectivity index (χ1) is 9.26. The molecule has 0 aliphatic heterocycles. The summed E-state index contributed by atoms with van der Waals surface area (Å²) in [5.74, 6) is 6.04. The molecule has 19 heavy (non-hydrogen) atoms. The first-order valence-corrected chi connectivity index (χ1v) is 6.56. The summed E-state index contributed by atoms with van der Waals surface area (Å²) < 4.78 is 5.05. The number of hydrogen-bond acceptors (Lipinski definition) is 3. The monoisotopic (exact) mass is 264 g/mol. The molecule has 0 amide bonds. The van der Waals surface area contributed by atoms with Crippen molar-refractivity contribution in [3.05, 3.63) is 35.9 Å². The zero-order valence-corrected chi connectivity index (χ0v) is 11.7. The Morgan fingerprint density at radius 1 is 1.37 bits per heavy atom. The number of rotatable bonds is 7. The molecule has 1 aromatic carbocycles. The number of nitrogens with one attached hydrogen (secondary N) is 2. The zero-order chi connectivity index (χ0) is 13.9. The topological polar surface area (TPSA) is 71.7 Å². The molecular formula is C14H24N4O. The molecule has 0 radical (unpaired) electrons. The van der Waals surface area contributed by atoms with Gasteiger partial charge < -0.3 is 10.1 Å². The molecule has 1 aromatic rings. The largest absolute Gasteiger partial charge is 0.383 e. The molecule has 5 nitrogen and oxygen atoms in total. The number of benzene rings is 1. The van der Waals surface area contributed by atoms with Crippen LogP contribution in [0.5, 0.6) is 0 Å². The molecule has 0 spiro atoms. The van der Waals surface area contributed by atoms with Gasteiger partial charge in [0.2, 0.25) is 5.96 Å². The van der Waals surface area contributed by atoms with Crippen LogP contribution in [-0.2, 0) is 11.2 Å². The Labute approximate surface area is 115 Å². The van der Waals surface area contributed by atoms with E-state index in [2.05, 4.69) is 40.0 Å². The van der Waals surface area contributed by atoms with E-state index in [4.69, 9.17) is 10.6 Å². The molecule has 0 aromatic heterocycles. The maximum Gasteiger partial charge on any atom is 0.206 e. The summed E-state index contributed by atoms with van der Waals surface area (Å²) in [6.45, 7) is 3.37. The van der Waals surface area contributed by atoms with Gasteiger partial charge in [-0.05, 0) is 25.3 Å². The van der Waals surface area contributed by atoms with Gasteiger partial charge in [-0.25, -0.2) is 5.84 Å². The molecule has 1 rings (SSSR count). The third kappa shape index (κ3) is 6.79. The van der Waals surface area contributed by atoms with E-state index in [0.717, 1.165) is 19.4 Å². The first kappa shape index (κ1) is 15.5. The van der Waals surface area contributed by atoms with Crippen LogP contribution in [0.2, 0.25) is 0 Å². The number of ether oxygens (including phenoxy) is 1. The van der Waals surface area contributed by atoms with Crippen LogP contribution in [0, 0.1) is 0 Å². The summed E-state index contributed by atoms with van der Waals surface area (Å²) in [4.78, 5) is 4.39. The van der Waals surface area contributed by atoms with E-state index in [-0.39, 0.29) is 6.04 Å².